The molecular formula is C48H26B2N2O3. The number of furan rings is 1. The van der Waals surface area contributed by atoms with Gasteiger partial charge < -0.3 is 23.4 Å². The molecule has 10 aromatic rings. The molecule has 0 atom stereocenters. The highest BCUT2D eigenvalue weighted by molar-refractivity contribution is 7.03. The van der Waals surface area contributed by atoms with Crippen molar-refractivity contribution in [3.05, 3.63) is 158 Å². The summed E-state index contributed by atoms with van der Waals surface area (Å²) in [4.78, 5) is 2.32. The average Bonchev–Trinajstić information content (AvgIpc) is 3.80. The molecule has 0 amide bonds. The summed E-state index contributed by atoms with van der Waals surface area (Å²) in [6, 6.07) is 56.2. The Bertz CT molecular complexity index is 3230. The van der Waals surface area contributed by atoms with E-state index in [0.29, 0.717) is 0 Å². The molecule has 14 rings (SSSR count). The van der Waals surface area contributed by atoms with Gasteiger partial charge >= 0.3 is 0 Å². The number of aromatic nitrogens is 1. The van der Waals surface area contributed by atoms with Crippen molar-refractivity contribution in [1.82, 2.24) is 4.57 Å². The van der Waals surface area contributed by atoms with Gasteiger partial charge in [-0.1, -0.05) is 121 Å². The van der Waals surface area contributed by atoms with Crippen LogP contribution in [0.25, 0.3) is 49.4 Å². The summed E-state index contributed by atoms with van der Waals surface area (Å²) in [5, 5.41) is 4.70. The number of benzene rings is 8. The summed E-state index contributed by atoms with van der Waals surface area (Å²) in [5.41, 5.74) is 15.4. The summed E-state index contributed by atoms with van der Waals surface area (Å²) in [6.07, 6.45) is 0. The minimum Gasteiger partial charge on any atom is -0.456 e. The smallest absolute Gasteiger partial charge is 0.256 e. The van der Waals surface area contributed by atoms with Crippen LogP contribution in [0.5, 0.6) is 23.0 Å². The second-order valence-electron chi connectivity index (χ2n) is 15.1. The van der Waals surface area contributed by atoms with Crippen LogP contribution in [0.1, 0.15) is 0 Å². The van der Waals surface area contributed by atoms with Crippen LogP contribution in [-0.2, 0) is 0 Å². The Labute approximate surface area is 315 Å². The second-order valence-corrected chi connectivity index (χ2v) is 15.1. The SMILES string of the molecule is c1ccc(N(c2c3c4c5c6c2Oc2ccccc2B6c2cccc6c7cccc(c7n-5c26)B4c2ccccc2O3)c2cccc3c2oc2ccccc23)cc1. The Morgan fingerprint density at radius 2 is 0.982 bits per heavy atom. The lowest BCUT2D eigenvalue weighted by Gasteiger charge is -2.43. The summed E-state index contributed by atoms with van der Waals surface area (Å²) in [6.45, 7) is -0.114. The molecule has 0 radical (unpaired) electrons. The van der Waals surface area contributed by atoms with Gasteiger partial charge in [0, 0.05) is 44.0 Å². The lowest BCUT2D eigenvalue weighted by molar-refractivity contribution is 0.467. The monoisotopic (exact) mass is 700 g/mol. The number of hydrogen-bond donors (Lipinski definition) is 0. The number of nitrogens with zero attached hydrogens (tertiary/aromatic N) is 2. The molecule has 55 heavy (non-hydrogen) atoms. The van der Waals surface area contributed by atoms with E-state index in [9.17, 15) is 0 Å². The first kappa shape index (κ1) is 28.4. The fraction of sp³-hybridized carbons (Fsp3) is 0. The van der Waals surface area contributed by atoms with Gasteiger partial charge in [-0.3, -0.25) is 0 Å². The number of fused-ring (bicyclic) bond motifs is 10. The Hall–Kier alpha value is -7.11. The van der Waals surface area contributed by atoms with E-state index in [-0.39, 0.29) is 13.4 Å². The van der Waals surface area contributed by atoms with Crippen molar-refractivity contribution in [3.8, 4) is 28.7 Å². The molecule has 0 bridgehead atoms. The van der Waals surface area contributed by atoms with Crippen LogP contribution >= 0.6 is 0 Å². The van der Waals surface area contributed by atoms with Gasteiger partial charge in [0.1, 0.15) is 22.8 Å². The topological polar surface area (TPSA) is 39.8 Å². The second kappa shape index (κ2) is 9.90. The molecule has 7 heteroatoms. The fourth-order valence-corrected chi connectivity index (χ4v) is 10.4. The third kappa shape index (κ3) is 3.35. The minimum atomic E-state index is -0.0569. The van der Waals surface area contributed by atoms with Gasteiger partial charge in [-0.2, -0.15) is 0 Å². The molecule has 2 aromatic heterocycles. The van der Waals surface area contributed by atoms with Crippen LogP contribution < -0.4 is 47.2 Å². The number of rotatable bonds is 3. The van der Waals surface area contributed by atoms with Gasteiger partial charge in [-0.15, -0.1) is 0 Å². The molecule has 0 fully saturated rings. The maximum Gasteiger partial charge on any atom is 0.256 e. The number of para-hydroxylation sites is 7. The van der Waals surface area contributed by atoms with E-state index in [0.717, 1.165) is 62.0 Å². The predicted octanol–water partition coefficient (Wildman–Crippen LogP) is 8.02. The Kier molecular flexibility index (Phi) is 5.11. The van der Waals surface area contributed by atoms with Gasteiger partial charge in [0.05, 0.1) is 5.69 Å². The molecule has 4 aliphatic heterocycles. The Balaban J connectivity index is 1.22. The van der Waals surface area contributed by atoms with Gasteiger partial charge in [0.25, 0.3) is 13.4 Å². The molecule has 5 nitrogen and oxygen atoms in total. The molecular weight excluding hydrogens is 674 g/mol. The first-order valence-electron chi connectivity index (χ1n) is 18.9. The van der Waals surface area contributed by atoms with Gasteiger partial charge in [0.15, 0.2) is 17.1 Å². The summed E-state index contributed by atoms with van der Waals surface area (Å²) in [7, 11) is 0. The first-order chi connectivity index (χ1) is 27.3. The van der Waals surface area contributed by atoms with Crippen molar-refractivity contribution in [2.75, 3.05) is 4.90 Å². The van der Waals surface area contributed by atoms with Crippen molar-refractivity contribution < 1.29 is 13.9 Å². The summed E-state index contributed by atoms with van der Waals surface area (Å²) >= 11 is 0. The van der Waals surface area contributed by atoms with E-state index in [4.69, 9.17) is 13.9 Å². The summed E-state index contributed by atoms with van der Waals surface area (Å²) < 4.78 is 24.0. The average molecular weight is 700 g/mol. The Morgan fingerprint density at radius 3 is 1.65 bits per heavy atom. The number of ether oxygens (including phenoxy) is 2. The van der Waals surface area contributed by atoms with E-state index in [1.54, 1.807) is 0 Å². The molecule has 252 valence electrons. The van der Waals surface area contributed by atoms with Crippen LogP contribution in [0.3, 0.4) is 0 Å². The van der Waals surface area contributed by atoms with Gasteiger partial charge in [-0.25, -0.2) is 0 Å². The molecule has 0 N–H and O–H groups in total. The highest BCUT2D eigenvalue weighted by Gasteiger charge is 2.51. The maximum absolute atomic E-state index is 7.35. The number of anilines is 3. The molecule has 0 unspecified atom stereocenters. The normalized spacial score (nSPS) is 13.7. The van der Waals surface area contributed by atoms with Gasteiger partial charge in [-0.05, 0) is 69.2 Å². The first-order valence-corrected chi connectivity index (χ1v) is 18.9. The predicted molar refractivity (Wildman–Crippen MR) is 225 cm³/mol. The highest BCUT2D eigenvalue weighted by Crippen LogP contribution is 2.53. The largest absolute Gasteiger partial charge is 0.456 e. The van der Waals surface area contributed by atoms with E-state index < -0.39 is 0 Å². The molecule has 0 saturated heterocycles. The van der Waals surface area contributed by atoms with E-state index >= 15 is 0 Å². The summed E-state index contributed by atoms with van der Waals surface area (Å²) in [5.74, 6) is 3.32. The van der Waals surface area contributed by atoms with Crippen LogP contribution in [-0.4, -0.2) is 18.0 Å². The quantitative estimate of drug-likeness (QED) is 0.175. The zero-order valence-corrected chi connectivity index (χ0v) is 29.3. The maximum atomic E-state index is 7.35. The van der Waals surface area contributed by atoms with Crippen molar-refractivity contribution in [3.63, 3.8) is 0 Å². The molecule has 0 spiro atoms. The zero-order chi connectivity index (χ0) is 35.5. The molecule has 0 aliphatic carbocycles. The standard InChI is InChI=1S/C48H26B2N2O3/c1-2-13-27(14-3-1)51(36-23-12-18-31-28-15-4-7-24-37(28)53-46(31)36)45-47-40-44-41-48(45)55-39-26-9-6-20-33(39)50(41)35-22-11-17-30-29-16-10-21-34(42(29)52(44)43(30)35)49(40)32-19-5-8-25-38(32)54-47/h1-26H. The van der Waals surface area contributed by atoms with Crippen LogP contribution in [0.15, 0.2) is 162 Å². The van der Waals surface area contributed by atoms with Gasteiger partial charge in [0.2, 0.25) is 0 Å². The number of hydrogen-bond acceptors (Lipinski definition) is 4. The lowest BCUT2D eigenvalue weighted by Crippen LogP contribution is -2.65. The van der Waals surface area contributed by atoms with E-state index in [1.807, 2.05) is 12.1 Å². The van der Waals surface area contributed by atoms with Crippen molar-refractivity contribution in [2.45, 2.75) is 0 Å². The van der Waals surface area contributed by atoms with Crippen molar-refractivity contribution in [1.29, 1.82) is 0 Å². The van der Waals surface area contributed by atoms with Crippen LogP contribution in [0, 0.1) is 0 Å². The van der Waals surface area contributed by atoms with Crippen molar-refractivity contribution >= 4 is 107 Å². The third-order valence-corrected chi connectivity index (χ3v) is 12.5. The molecule has 8 aromatic carbocycles. The lowest BCUT2D eigenvalue weighted by atomic mass is 9.30. The molecule has 0 saturated carbocycles. The Morgan fingerprint density at radius 1 is 0.455 bits per heavy atom. The fourth-order valence-electron chi connectivity index (χ4n) is 10.4. The van der Waals surface area contributed by atoms with E-state index in [2.05, 4.69) is 155 Å². The molecule has 6 heterocycles. The van der Waals surface area contributed by atoms with Crippen LogP contribution in [0.4, 0.5) is 17.1 Å². The zero-order valence-electron chi connectivity index (χ0n) is 29.3. The van der Waals surface area contributed by atoms with E-state index in [1.165, 1.54) is 60.3 Å². The minimum absolute atomic E-state index is 0.0569. The molecule has 4 aliphatic rings. The van der Waals surface area contributed by atoms with Crippen molar-refractivity contribution in [2.24, 2.45) is 0 Å². The highest BCUT2D eigenvalue weighted by atomic mass is 16.5. The third-order valence-electron chi connectivity index (χ3n) is 12.5. The van der Waals surface area contributed by atoms with Crippen LogP contribution in [0.2, 0.25) is 0 Å².